The molecule has 0 radical (unpaired) electrons. The number of carbonyl (C=O) groups is 1. The Morgan fingerprint density at radius 3 is 2.83 bits per heavy atom. The van der Waals surface area contributed by atoms with E-state index >= 15 is 0 Å². The van der Waals surface area contributed by atoms with Crippen molar-refractivity contribution in [1.29, 1.82) is 0 Å². The van der Waals surface area contributed by atoms with Gasteiger partial charge in [-0.05, 0) is 31.0 Å². The number of amides is 1. The number of aromatic amines is 1. The van der Waals surface area contributed by atoms with Crippen molar-refractivity contribution in [3.8, 4) is 0 Å². The third-order valence-electron chi connectivity index (χ3n) is 3.81. The van der Waals surface area contributed by atoms with Crippen molar-refractivity contribution in [2.75, 3.05) is 6.61 Å². The minimum absolute atomic E-state index is 0.0820. The van der Waals surface area contributed by atoms with E-state index in [9.17, 15) is 9.90 Å². The zero-order valence-electron chi connectivity index (χ0n) is 13.7. The number of pyridine rings is 1. The van der Waals surface area contributed by atoms with Gasteiger partial charge in [0.25, 0.3) is 5.91 Å². The van der Waals surface area contributed by atoms with Crippen LogP contribution in [-0.4, -0.2) is 43.7 Å². The highest BCUT2D eigenvalue weighted by Crippen LogP contribution is 2.14. The molecule has 0 saturated heterocycles. The summed E-state index contributed by atoms with van der Waals surface area (Å²) in [5, 5.41) is 16.7. The maximum Gasteiger partial charge on any atom is 0.275 e. The second kappa shape index (κ2) is 8.43. The van der Waals surface area contributed by atoms with Crippen molar-refractivity contribution in [1.82, 2.24) is 20.1 Å². The lowest BCUT2D eigenvalue weighted by atomic mass is 10.1. The monoisotopic (exact) mass is 316 g/mol. The lowest BCUT2D eigenvalue weighted by Gasteiger charge is -2.29. The second-order valence-corrected chi connectivity index (χ2v) is 5.53. The first-order valence-electron chi connectivity index (χ1n) is 8.05. The maximum absolute atomic E-state index is 12.8. The van der Waals surface area contributed by atoms with Gasteiger partial charge in [-0.25, -0.2) is 0 Å². The first kappa shape index (κ1) is 17.1. The molecule has 1 unspecified atom stereocenters. The van der Waals surface area contributed by atoms with Crippen molar-refractivity contribution < 1.29 is 9.90 Å². The van der Waals surface area contributed by atoms with Crippen molar-refractivity contribution >= 4 is 5.91 Å². The molecule has 6 nitrogen and oxygen atoms in total. The van der Waals surface area contributed by atoms with Gasteiger partial charge in [-0.3, -0.25) is 14.9 Å². The third-order valence-corrected chi connectivity index (χ3v) is 3.81. The molecule has 0 aliphatic heterocycles. The van der Waals surface area contributed by atoms with Crippen LogP contribution in [0.1, 0.15) is 48.6 Å². The van der Waals surface area contributed by atoms with Crippen molar-refractivity contribution in [3.63, 3.8) is 0 Å². The molecule has 2 N–H and O–H groups in total. The molecule has 0 aliphatic carbocycles. The topological polar surface area (TPSA) is 82.1 Å². The first-order chi connectivity index (χ1) is 11.2. The summed E-state index contributed by atoms with van der Waals surface area (Å²) in [6.45, 7) is 4.30. The molecule has 2 aromatic rings. The van der Waals surface area contributed by atoms with Gasteiger partial charge >= 0.3 is 0 Å². The van der Waals surface area contributed by atoms with Crippen molar-refractivity contribution in [3.05, 3.63) is 47.5 Å². The summed E-state index contributed by atoms with van der Waals surface area (Å²) in [5.74, 6) is -0.185. The summed E-state index contributed by atoms with van der Waals surface area (Å²) < 4.78 is 0. The Labute approximate surface area is 136 Å². The Kier molecular flexibility index (Phi) is 6.29. The maximum atomic E-state index is 12.8. The van der Waals surface area contributed by atoms with Crippen LogP contribution < -0.4 is 0 Å². The highest BCUT2D eigenvalue weighted by molar-refractivity contribution is 5.92. The Balaban J connectivity index is 2.22. The van der Waals surface area contributed by atoms with E-state index in [0.717, 1.165) is 24.2 Å². The van der Waals surface area contributed by atoms with E-state index in [0.29, 0.717) is 18.7 Å². The van der Waals surface area contributed by atoms with Crippen LogP contribution in [0.2, 0.25) is 0 Å². The molecule has 0 spiro atoms. The lowest BCUT2D eigenvalue weighted by Crippen LogP contribution is -2.42. The van der Waals surface area contributed by atoms with Gasteiger partial charge in [-0.15, -0.1) is 0 Å². The molecular formula is C17H24N4O2. The average Bonchev–Trinajstić information content (AvgIpc) is 3.04. The largest absolute Gasteiger partial charge is 0.394 e. The summed E-state index contributed by atoms with van der Waals surface area (Å²) in [6.07, 6.45) is 4.21. The minimum Gasteiger partial charge on any atom is -0.394 e. The van der Waals surface area contributed by atoms with E-state index in [1.165, 1.54) is 0 Å². The van der Waals surface area contributed by atoms with E-state index in [4.69, 9.17) is 0 Å². The van der Waals surface area contributed by atoms with Crippen LogP contribution in [0.25, 0.3) is 0 Å². The van der Waals surface area contributed by atoms with Gasteiger partial charge in [0.15, 0.2) is 0 Å². The van der Waals surface area contributed by atoms with Crippen molar-refractivity contribution in [2.45, 2.75) is 45.7 Å². The summed E-state index contributed by atoms with van der Waals surface area (Å²) in [7, 11) is 0. The zero-order chi connectivity index (χ0) is 16.7. The smallest absolute Gasteiger partial charge is 0.275 e. The van der Waals surface area contributed by atoms with Crippen molar-refractivity contribution in [2.24, 2.45) is 0 Å². The Hall–Kier alpha value is -2.21. The summed E-state index contributed by atoms with van der Waals surface area (Å²) in [6, 6.07) is 7.14. The molecule has 2 heterocycles. The van der Waals surface area contributed by atoms with E-state index in [1.54, 1.807) is 17.2 Å². The fourth-order valence-corrected chi connectivity index (χ4v) is 2.50. The fourth-order valence-electron chi connectivity index (χ4n) is 2.50. The Morgan fingerprint density at radius 1 is 1.39 bits per heavy atom. The molecule has 23 heavy (non-hydrogen) atoms. The number of carbonyl (C=O) groups excluding carboxylic acids is 1. The third kappa shape index (κ3) is 4.39. The minimum atomic E-state index is -0.254. The molecular weight excluding hydrogens is 292 g/mol. The fraction of sp³-hybridized carbons (Fsp3) is 0.471. The highest BCUT2D eigenvalue weighted by Gasteiger charge is 2.25. The number of hydrogen-bond acceptors (Lipinski definition) is 4. The second-order valence-electron chi connectivity index (χ2n) is 5.53. The molecule has 0 aliphatic rings. The first-order valence-corrected chi connectivity index (χ1v) is 8.05. The van der Waals surface area contributed by atoms with Crippen LogP contribution in [0.15, 0.2) is 30.5 Å². The predicted octanol–water partition coefficient (Wildman–Crippen LogP) is 2.17. The number of hydrogen-bond donors (Lipinski definition) is 2. The summed E-state index contributed by atoms with van der Waals surface area (Å²) >= 11 is 0. The molecule has 0 fully saturated rings. The molecule has 1 amide bonds. The molecule has 0 bridgehead atoms. The number of nitrogens with zero attached hydrogens (tertiary/aromatic N) is 3. The Bertz CT molecular complexity index is 608. The number of nitrogens with one attached hydrogen (secondary N) is 1. The predicted molar refractivity (Wildman–Crippen MR) is 87.9 cm³/mol. The van der Waals surface area contributed by atoms with E-state index in [-0.39, 0.29) is 18.6 Å². The van der Waals surface area contributed by atoms with Gasteiger partial charge in [0.05, 0.1) is 24.9 Å². The Morgan fingerprint density at radius 2 is 2.22 bits per heavy atom. The molecule has 2 rings (SSSR count). The van der Waals surface area contributed by atoms with Gasteiger partial charge < -0.3 is 10.0 Å². The lowest BCUT2D eigenvalue weighted by molar-refractivity contribution is 0.0554. The van der Waals surface area contributed by atoms with Crippen LogP contribution in [0, 0.1) is 0 Å². The highest BCUT2D eigenvalue weighted by atomic mass is 16.3. The van der Waals surface area contributed by atoms with E-state index in [1.807, 2.05) is 25.1 Å². The number of aryl methyl sites for hydroxylation is 1. The van der Waals surface area contributed by atoms with Gasteiger partial charge in [0.2, 0.25) is 0 Å². The average molecular weight is 316 g/mol. The molecule has 2 aromatic heterocycles. The van der Waals surface area contributed by atoms with E-state index in [2.05, 4.69) is 22.1 Å². The molecule has 124 valence electrons. The van der Waals surface area contributed by atoms with Crippen LogP contribution >= 0.6 is 0 Å². The van der Waals surface area contributed by atoms with Crippen LogP contribution in [0.4, 0.5) is 0 Å². The van der Waals surface area contributed by atoms with Crippen LogP contribution in [0.3, 0.4) is 0 Å². The SMILES string of the molecule is CCCc1cc(C(=O)N(Cc2ccccn2)C(CC)CO)n[nH]1. The van der Waals surface area contributed by atoms with Gasteiger partial charge in [-0.1, -0.05) is 26.3 Å². The number of aliphatic hydroxyl groups excluding tert-OH is 1. The van der Waals surface area contributed by atoms with Gasteiger partial charge in [0.1, 0.15) is 5.69 Å². The summed E-state index contributed by atoms with van der Waals surface area (Å²) in [4.78, 5) is 18.8. The normalized spacial score (nSPS) is 12.1. The number of aromatic nitrogens is 3. The molecule has 6 heteroatoms. The molecule has 0 saturated carbocycles. The van der Waals surface area contributed by atoms with Crippen LogP contribution in [-0.2, 0) is 13.0 Å². The molecule has 0 aromatic carbocycles. The zero-order valence-corrected chi connectivity index (χ0v) is 13.7. The van der Waals surface area contributed by atoms with Gasteiger partial charge in [-0.2, -0.15) is 5.10 Å². The quantitative estimate of drug-likeness (QED) is 0.782. The summed E-state index contributed by atoms with van der Waals surface area (Å²) in [5.41, 5.74) is 2.12. The number of rotatable bonds is 8. The van der Waals surface area contributed by atoms with E-state index < -0.39 is 0 Å². The van der Waals surface area contributed by atoms with Crippen LogP contribution in [0.5, 0.6) is 0 Å². The number of H-pyrrole nitrogens is 1. The standard InChI is InChI=1S/C17H24N4O2/c1-3-7-13-10-16(20-19-13)17(23)21(15(4-2)12-22)11-14-8-5-6-9-18-14/h5-6,8-10,15,22H,3-4,7,11-12H2,1-2H3,(H,19,20). The number of aliphatic hydroxyl groups is 1. The molecule has 1 atom stereocenters. The van der Waals surface area contributed by atoms with Gasteiger partial charge in [0, 0.05) is 11.9 Å².